The van der Waals surface area contributed by atoms with Crippen LogP contribution in [0.4, 0.5) is 0 Å². The van der Waals surface area contributed by atoms with Crippen LogP contribution < -0.4 is 9.47 Å². The first-order valence-electron chi connectivity index (χ1n) is 13.5. The first-order valence-corrected chi connectivity index (χ1v) is 13.5. The van der Waals surface area contributed by atoms with Gasteiger partial charge in [0.1, 0.15) is 24.6 Å². The average molecular weight is 747 g/mol. The minimum absolute atomic E-state index is 0. The number of carbonyl (C=O) groups is 2. The van der Waals surface area contributed by atoms with Crippen molar-refractivity contribution in [1.82, 2.24) is 19.8 Å². The predicted octanol–water partition coefficient (Wildman–Crippen LogP) is 2.96. The minimum atomic E-state index is -1.06. The van der Waals surface area contributed by atoms with Gasteiger partial charge in [-0.3, -0.25) is 14.6 Å². The molecule has 0 radical (unpaired) electrons. The fraction of sp³-hybridized carbons (Fsp3) is 0.367. The standard InChI is InChI=1S/C30H35N4O7.W/c35-23-26-7-3-5-24(31-26)21-33-11-15-38-19-20-39-16-12-34(22-25-6-4-8-27(32-25)30(36)37)14-18-41-29-10-2-1-9-28(29)40-17-13-33;/h1-10,19,23H,11-18,20-22H2,(H,36,37);/q-1;. The van der Waals surface area contributed by atoms with Crippen LogP contribution in [0.1, 0.15) is 32.4 Å². The van der Waals surface area contributed by atoms with E-state index in [1.165, 1.54) is 6.07 Å². The molecule has 0 bridgehead atoms. The van der Waals surface area contributed by atoms with Gasteiger partial charge in [0.05, 0.1) is 18.0 Å². The van der Waals surface area contributed by atoms with Gasteiger partial charge in [-0.2, -0.15) is 6.61 Å². The van der Waals surface area contributed by atoms with Crippen molar-refractivity contribution in [3.8, 4) is 11.5 Å². The van der Waals surface area contributed by atoms with E-state index in [0.29, 0.717) is 95.2 Å². The number of para-hydroxylation sites is 2. The van der Waals surface area contributed by atoms with Gasteiger partial charge in [-0.15, -0.1) is 0 Å². The number of fused-ring (bicyclic) bond motifs is 1. The average Bonchev–Trinajstić information content (AvgIpc) is 2.98. The Labute approximate surface area is 260 Å². The summed E-state index contributed by atoms with van der Waals surface area (Å²) < 4.78 is 23.7. The summed E-state index contributed by atoms with van der Waals surface area (Å²) in [4.78, 5) is 35.4. The number of ether oxygens (including phenoxy) is 4. The SMILES string of the molecule is O=Cc1cccc(CN2CCO[CH-]COCCN(Cc3cccc(C(=O)O)n3)CCOc3ccccc3OCC2)n1.[W]. The van der Waals surface area contributed by atoms with Crippen molar-refractivity contribution >= 4 is 12.3 Å². The van der Waals surface area contributed by atoms with Gasteiger partial charge >= 0.3 is 5.97 Å². The Bertz CT molecular complexity index is 1270. The summed E-state index contributed by atoms with van der Waals surface area (Å²) in [5.41, 5.74) is 1.86. The van der Waals surface area contributed by atoms with E-state index >= 15 is 0 Å². The number of aromatic carboxylic acids is 1. The molecule has 0 amide bonds. The molecular weight excluding hydrogens is 712 g/mol. The zero-order valence-electron chi connectivity index (χ0n) is 23.3. The van der Waals surface area contributed by atoms with E-state index in [-0.39, 0.29) is 26.8 Å². The Balaban J connectivity index is 0.00000484. The van der Waals surface area contributed by atoms with Gasteiger partial charge in [0.2, 0.25) is 0 Å². The Kier molecular flexibility index (Phi) is 14.5. The molecule has 0 saturated heterocycles. The fourth-order valence-electron chi connectivity index (χ4n) is 4.23. The summed E-state index contributed by atoms with van der Waals surface area (Å²) in [6.45, 7) is 7.07. The molecule has 0 spiro atoms. The third-order valence-corrected chi connectivity index (χ3v) is 6.31. The van der Waals surface area contributed by atoms with Crippen molar-refractivity contribution in [1.29, 1.82) is 0 Å². The first-order chi connectivity index (χ1) is 20.1. The van der Waals surface area contributed by atoms with Crippen LogP contribution in [0.2, 0.25) is 0 Å². The molecule has 4 rings (SSSR count). The van der Waals surface area contributed by atoms with Crippen molar-refractivity contribution in [2.75, 3.05) is 59.2 Å². The number of hydrogen-bond acceptors (Lipinski definition) is 10. The first kappa shape index (κ1) is 33.3. The second-order valence-electron chi connectivity index (χ2n) is 9.30. The number of rotatable bonds is 6. The Hall–Kier alpha value is -3.21. The number of carboxylic acids is 1. The number of carboxylic acid groups (broad SMARTS) is 1. The molecule has 42 heavy (non-hydrogen) atoms. The summed E-state index contributed by atoms with van der Waals surface area (Å²) in [7, 11) is 0. The number of hydrogen-bond donors (Lipinski definition) is 1. The van der Waals surface area contributed by atoms with E-state index in [1.807, 2.05) is 42.5 Å². The summed E-state index contributed by atoms with van der Waals surface area (Å²) in [6, 6.07) is 17.9. The molecule has 3 aromatic rings. The smallest absolute Gasteiger partial charge is 0.354 e. The number of nitrogens with zero attached hydrogens (tertiary/aromatic N) is 4. The van der Waals surface area contributed by atoms with E-state index in [4.69, 9.17) is 18.9 Å². The van der Waals surface area contributed by atoms with E-state index in [2.05, 4.69) is 19.8 Å². The molecular formula is C30H35N4O7W-. The summed E-state index contributed by atoms with van der Waals surface area (Å²) in [5, 5.41) is 9.29. The van der Waals surface area contributed by atoms with Crippen molar-refractivity contribution < 1.29 is 54.7 Å². The number of pyridine rings is 2. The van der Waals surface area contributed by atoms with Crippen LogP contribution in [0.25, 0.3) is 0 Å². The third kappa shape index (κ3) is 11.2. The molecule has 0 saturated carbocycles. The normalized spacial score (nSPS) is 16.4. The topological polar surface area (TPSA) is 124 Å². The van der Waals surface area contributed by atoms with Crippen LogP contribution in [-0.4, -0.2) is 96.3 Å². The number of carbonyl (C=O) groups excluding carboxylic acids is 1. The zero-order valence-corrected chi connectivity index (χ0v) is 26.2. The van der Waals surface area contributed by atoms with Gasteiger partial charge in [0, 0.05) is 66.9 Å². The largest absolute Gasteiger partial charge is 0.549 e. The Morgan fingerprint density at radius 3 is 2.05 bits per heavy atom. The second kappa shape index (κ2) is 18.4. The molecule has 3 heterocycles. The quantitative estimate of drug-likeness (QED) is 0.296. The van der Waals surface area contributed by atoms with E-state index in [1.54, 1.807) is 18.7 Å². The molecule has 0 fully saturated rings. The second-order valence-corrected chi connectivity index (χ2v) is 9.30. The van der Waals surface area contributed by atoms with Crippen molar-refractivity contribution in [2.45, 2.75) is 13.1 Å². The van der Waals surface area contributed by atoms with Crippen LogP contribution >= 0.6 is 0 Å². The predicted molar refractivity (Wildman–Crippen MR) is 150 cm³/mol. The van der Waals surface area contributed by atoms with E-state index < -0.39 is 5.97 Å². The van der Waals surface area contributed by atoms with Crippen molar-refractivity contribution in [2.24, 2.45) is 0 Å². The number of aromatic nitrogens is 2. The Morgan fingerprint density at radius 2 is 1.40 bits per heavy atom. The van der Waals surface area contributed by atoms with Gasteiger partial charge in [-0.1, -0.05) is 30.9 Å². The molecule has 1 aliphatic heterocycles. The number of benzene rings is 1. The maximum absolute atomic E-state index is 11.3. The molecule has 2 aromatic heterocycles. The molecule has 0 atom stereocenters. The Morgan fingerprint density at radius 1 is 0.810 bits per heavy atom. The van der Waals surface area contributed by atoms with Crippen LogP contribution in [-0.2, 0) is 43.6 Å². The van der Waals surface area contributed by atoms with Gasteiger partial charge in [-0.25, -0.2) is 14.8 Å². The van der Waals surface area contributed by atoms with Gasteiger partial charge < -0.3 is 24.1 Å². The van der Waals surface area contributed by atoms with Gasteiger partial charge in [0.25, 0.3) is 0 Å². The molecule has 0 unspecified atom stereocenters. The maximum atomic E-state index is 11.3. The fourth-order valence-corrected chi connectivity index (χ4v) is 4.23. The molecule has 11 nitrogen and oxygen atoms in total. The van der Waals surface area contributed by atoms with Crippen LogP contribution in [0.3, 0.4) is 0 Å². The molecule has 0 aliphatic carbocycles. The van der Waals surface area contributed by atoms with Crippen LogP contribution in [0, 0.1) is 6.61 Å². The molecule has 1 N–H and O–H groups in total. The van der Waals surface area contributed by atoms with Crippen LogP contribution in [0.5, 0.6) is 11.5 Å². The van der Waals surface area contributed by atoms with E-state index in [9.17, 15) is 14.7 Å². The minimum Gasteiger partial charge on any atom is -0.549 e. The van der Waals surface area contributed by atoms with Crippen molar-refractivity contribution in [3.63, 3.8) is 0 Å². The number of aldehydes is 1. The van der Waals surface area contributed by atoms with Gasteiger partial charge in [0.15, 0.2) is 17.8 Å². The monoisotopic (exact) mass is 747 g/mol. The zero-order chi connectivity index (χ0) is 28.7. The van der Waals surface area contributed by atoms with Crippen molar-refractivity contribution in [3.05, 3.63) is 90.0 Å². The third-order valence-electron chi connectivity index (χ3n) is 6.31. The molecule has 12 heteroatoms. The van der Waals surface area contributed by atoms with Crippen LogP contribution in [0.15, 0.2) is 60.7 Å². The summed E-state index contributed by atoms with van der Waals surface area (Å²) in [6.07, 6.45) is 0.744. The maximum Gasteiger partial charge on any atom is 0.354 e. The molecule has 1 aromatic carbocycles. The summed E-state index contributed by atoms with van der Waals surface area (Å²) >= 11 is 0. The molecule has 224 valence electrons. The van der Waals surface area contributed by atoms with E-state index in [0.717, 1.165) is 12.0 Å². The van der Waals surface area contributed by atoms with Gasteiger partial charge in [-0.05, 0) is 36.4 Å². The summed E-state index contributed by atoms with van der Waals surface area (Å²) in [5.74, 6) is 0.225. The molecule has 1 aliphatic rings.